The number of rotatable bonds is 5. The summed E-state index contributed by atoms with van der Waals surface area (Å²) >= 11 is -1.37. The van der Waals surface area contributed by atoms with Crippen LogP contribution in [-0.4, -0.2) is 10.8 Å². The van der Waals surface area contributed by atoms with Crippen molar-refractivity contribution in [1.82, 2.24) is 0 Å². The van der Waals surface area contributed by atoms with Gasteiger partial charge >= 0.3 is 0 Å². The first-order chi connectivity index (χ1) is 9.15. The number of hydrogen-bond acceptors (Lipinski definition) is 2. The molecule has 1 unspecified atom stereocenters. The standard InChI is InChI=1S/C16H18O2S/c1-13-6-8-16(9-7-13)19(17)18-11-10-15-5-3-4-14(2)12-15/h3-9,12H,10-11H2,1-2H3. The molecule has 0 bridgehead atoms. The normalized spacial score (nSPS) is 12.3. The summed E-state index contributed by atoms with van der Waals surface area (Å²) in [4.78, 5) is 0.717. The van der Waals surface area contributed by atoms with Crippen molar-refractivity contribution in [2.45, 2.75) is 25.2 Å². The molecule has 19 heavy (non-hydrogen) atoms. The van der Waals surface area contributed by atoms with Crippen LogP contribution in [0.1, 0.15) is 16.7 Å². The Bertz CT molecular complexity index is 561. The lowest BCUT2D eigenvalue weighted by atomic mass is 10.1. The van der Waals surface area contributed by atoms with Crippen LogP contribution < -0.4 is 0 Å². The summed E-state index contributed by atoms with van der Waals surface area (Å²) in [6.45, 7) is 4.53. The predicted molar refractivity (Wildman–Crippen MR) is 78.4 cm³/mol. The van der Waals surface area contributed by atoms with Crippen LogP contribution in [0, 0.1) is 13.8 Å². The Hall–Kier alpha value is -1.45. The number of benzene rings is 2. The molecule has 3 heteroatoms. The molecule has 0 saturated heterocycles. The fourth-order valence-electron chi connectivity index (χ4n) is 1.82. The molecule has 2 rings (SSSR count). The first-order valence-corrected chi connectivity index (χ1v) is 7.40. The Balaban J connectivity index is 1.86. The van der Waals surface area contributed by atoms with Crippen LogP contribution in [0.5, 0.6) is 0 Å². The highest BCUT2D eigenvalue weighted by molar-refractivity contribution is 7.80. The zero-order valence-electron chi connectivity index (χ0n) is 11.3. The van der Waals surface area contributed by atoms with Crippen molar-refractivity contribution < 1.29 is 8.39 Å². The molecule has 0 fully saturated rings. The van der Waals surface area contributed by atoms with Gasteiger partial charge in [-0.15, -0.1) is 0 Å². The summed E-state index contributed by atoms with van der Waals surface area (Å²) in [5.74, 6) is 0. The molecule has 0 radical (unpaired) electrons. The van der Waals surface area contributed by atoms with Gasteiger partial charge in [-0.25, -0.2) is 4.21 Å². The quantitative estimate of drug-likeness (QED) is 0.833. The van der Waals surface area contributed by atoms with Crippen LogP contribution in [0.3, 0.4) is 0 Å². The minimum absolute atomic E-state index is 0.462. The van der Waals surface area contributed by atoms with Crippen LogP contribution in [0.2, 0.25) is 0 Å². The van der Waals surface area contributed by atoms with E-state index in [2.05, 4.69) is 25.1 Å². The molecule has 0 aromatic heterocycles. The van der Waals surface area contributed by atoms with E-state index in [0.29, 0.717) is 6.61 Å². The van der Waals surface area contributed by atoms with E-state index in [1.54, 1.807) is 0 Å². The third-order valence-electron chi connectivity index (χ3n) is 2.88. The molecule has 0 spiro atoms. The fraction of sp³-hybridized carbons (Fsp3) is 0.250. The van der Waals surface area contributed by atoms with E-state index in [4.69, 9.17) is 4.18 Å². The first-order valence-electron chi connectivity index (χ1n) is 6.32. The van der Waals surface area contributed by atoms with Gasteiger partial charge in [0, 0.05) is 0 Å². The van der Waals surface area contributed by atoms with Crippen molar-refractivity contribution in [2.75, 3.05) is 6.61 Å². The molecule has 0 amide bonds. The molecule has 1 atom stereocenters. The van der Waals surface area contributed by atoms with Gasteiger partial charge in [0.2, 0.25) is 0 Å². The van der Waals surface area contributed by atoms with Crippen LogP contribution in [-0.2, 0) is 21.7 Å². The lowest BCUT2D eigenvalue weighted by Crippen LogP contribution is -2.02. The maximum absolute atomic E-state index is 11.9. The van der Waals surface area contributed by atoms with E-state index < -0.39 is 11.1 Å². The second-order valence-electron chi connectivity index (χ2n) is 4.61. The van der Waals surface area contributed by atoms with E-state index in [1.165, 1.54) is 11.1 Å². The summed E-state index contributed by atoms with van der Waals surface area (Å²) < 4.78 is 17.3. The maximum Gasteiger partial charge on any atom is 0.189 e. The van der Waals surface area contributed by atoms with Gasteiger partial charge in [-0.1, -0.05) is 47.5 Å². The average molecular weight is 274 g/mol. The van der Waals surface area contributed by atoms with Gasteiger partial charge in [-0.2, -0.15) is 0 Å². The van der Waals surface area contributed by atoms with Crippen molar-refractivity contribution in [1.29, 1.82) is 0 Å². The molecule has 0 aliphatic rings. The molecule has 2 aromatic rings. The van der Waals surface area contributed by atoms with Gasteiger partial charge in [-0.3, -0.25) is 4.18 Å². The monoisotopic (exact) mass is 274 g/mol. The summed E-state index contributed by atoms with van der Waals surface area (Å²) in [6, 6.07) is 15.9. The Morgan fingerprint density at radius 2 is 1.74 bits per heavy atom. The first kappa shape index (κ1) is 14.0. The molecule has 0 aliphatic carbocycles. The van der Waals surface area contributed by atoms with E-state index in [1.807, 2.05) is 37.3 Å². The van der Waals surface area contributed by atoms with Crippen LogP contribution >= 0.6 is 0 Å². The summed E-state index contributed by atoms with van der Waals surface area (Å²) in [7, 11) is 0. The number of aryl methyl sites for hydroxylation is 2. The summed E-state index contributed by atoms with van der Waals surface area (Å²) in [6.07, 6.45) is 0.777. The van der Waals surface area contributed by atoms with E-state index in [9.17, 15) is 4.21 Å². The van der Waals surface area contributed by atoms with E-state index in [-0.39, 0.29) is 0 Å². The van der Waals surface area contributed by atoms with Crippen molar-refractivity contribution in [3.63, 3.8) is 0 Å². The highest BCUT2D eigenvalue weighted by Gasteiger charge is 2.04. The van der Waals surface area contributed by atoms with E-state index >= 15 is 0 Å². The van der Waals surface area contributed by atoms with E-state index in [0.717, 1.165) is 16.9 Å². The third-order valence-corrected chi connectivity index (χ3v) is 3.91. The van der Waals surface area contributed by atoms with Crippen LogP contribution in [0.25, 0.3) is 0 Å². The molecule has 100 valence electrons. The molecule has 0 aliphatic heterocycles. The second kappa shape index (κ2) is 6.64. The Morgan fingerprint density at radius 1 is 1.00 bits per heavy atom. The average Bonchev–Trinajstić information content (AvgIpc) is 2.39. The lowest BCUT2D eigenvalue weighted by molar-refractivity contribution is 0.352. The van der Waals surface area contributed by atoms with Gasteiger partial charge < -0.3 is 0 Å². The van der Waals surface area contributed by atoms with Crippen molar-refractivity contribution in [2.24, 2.45) is 0 Å². The van der Waals surface area contributed by atoms with Gasteiger partial charge in [0.15, 0.2) is 11.1 Å². The minimum atomic E-state index is -1.37. The highest BCUT2D eigenvalue weighted by Crippen LogP contribution is 2.10. The molecular weight excluding hydrogens is 256 g/mol. The van der Waals surface area contributed by atoms with Gasteiger partial charge in [0.25, 0.3) is 0 Å². The van der Waals surface area contributed by atoms with Gasteiger partial charge in [0.05, 0.1) is 11.5 Å². The lowest BCUT2D eigenvalue weighted by Gasteiger charge is -2.05. The Labute approximate surface area is 117 Å². The number of hydrogen-bond donors (Lipinski definition) is 0. The third kappa shape index (κ3) is 4.30. The molecule has 0 saturated carbocycles. The summed E-state index contributed by atoms with van der Waals surface area (Å²) in [5, 5.41) is 0. The van der Waals surface area contributed by atoms with Crippen molar-refractivity contribution in [3.8, 4) is 0 Å². The zero-order valence-corrected chi connectivity index (χ0v) is 12.1. The van der Waals surface area contributed by atoms with Crippen molar-refractivity contribution >= 4 is 11.1 Å². The fourth-order valence-corrected chi connectivity index (χ4v) is 2.55. The summed E-state index contributed by atoms with van der Waals surface area (Å²) in [5.41, 5.74) is 3.60. The smallest absolute Gasteiger partial charge is 0.189 e. The molecule has 2 aromatic carbocycles. The molecular formula is C16H18O2S. The molecule has 0 N–H and O–H groups in total. The van der Waals surface area contributed by atoms with Crippen molar-refractivity contribution in [3.05, 3.63) is 65.2 Å². The predicted octanol–water partition coefficient (Wildman–Crippen LogP) is 3.59. The minimum Gasteiger partial charge on any atom is -0.286 e. The largest absolute Gasteiger partial charge is 0.286 e. The second-order valence-corrected chi connectivity index (χ2v) is 5.79. The molecule has 0 heterocycles. The van der Waals surface area contributed by atoms with Crippen LogP contribution in [0.4, 0.5) is 0 Å². The SMILES string of the molecule is Cc1ccc(S(=O)OCCc2cccc(C)c2)cc1. The topological polar surface area (TPSA) is 26.3 Å². The Kier molecular flexibility index (Phi) is 4.88. The van der Waals surface area contributed by atoms with Gasteiger partial charge in [-0.05, 0) is 38.0 Å². The Morgan fingerprint density at radius 3 is 2.42 bits per heavy atom. The highest BCUT2D eigenvalue weighted by atomic mass is 32.2. The molecule has 2 nitrogen and oxygen atoms in total. The van der Waals surface area contributed by atoms with Crippen LogP contribution in [0.15, 0.2) is 53.4 Å². The maximum atomic E-state index is 11.9. The van der Waals surface area contributed by atoms with Gasteiger partial charge in [0.1, 0.15) is 0 Å². The zero-order chi connectivity index (χ0) is 13.7.